The van der Waals surface area contributed by atoms with Crippen LogP contribution in [0.1, 0.15) is 12.5 Å². The van der Waals surface area contributed by atoms with E-state index in [4.69, 9.17) is 10.00 Å². The van der Waals surface area contributed by atoms with E-state index in [0.29, 0.717) is 6.08 Å². The van der Waals surface area contributed by atoms with Crippen LogP contribution in [0.3, 0.4) is 0 Å². The van der Waals surface area contributed by atoms with Gasteiger partial charge in [-0.15, -0.1) is 0 Å². The fraction of sp³-hybridized carbons (Fsp3) is 0.286. The Kier molecular flexibility index (Phi) is 4.20. The molecule has 0 bridgehead atoms. The van der Waals surface area contributed by atoms with Crippen molar-refractivity contribution in [1.82, 2.24) is 10.4 Å². The lowest BCUT2D eigenvalue weighted by Crippen LogP contribution is -2.61. The molecule has 1 aliphatic rings. The predicted molar refractivity (Wildman–Crippen MR) is 71.4 cm³/mol. The number of halogens is 3. The van der Waals surface area contributed by atoms with Gasteiger partial charge in [0.05, 0.1) is 5.56 Å². The van der Waals surface area contributed by atoms with Gasteiger partial charge < -0.3 is 9.84 Å². The SMILES string of the molecule is CC1=C[C@@](O)(C(F)(F)F)N(C(=O)COc2ccccc2C#N)N1. The molecular weight excluding hydrogens is 315 g/mol. The van der Waals surface area contributed by atoms with Gasteiger partial charge in [-0.3, -0.25) is 10.2 Å². The molecule has 0 aliphatic carbocycles. The predicted octanol–water partition coefficient (Wildman–Crippen LogP) is 1.44. The maximum atomic E-state index is 13.0. The van der Waals surface area contributed by atoms with Gasteiger partial charge in [0.25, 0.3) is 11.6 Å². The van der Waals surface area contributed by atoms with Gasteiger partial charge in [0.1, 0.15) is 11.8 Å². The number of allylic oxidation sites excluding steroid dienone is 1. The molecule has 1 heterocycles. The molecule has 2 rings (SSSR count). The number of ether oxygens (including phenoxy) is 1. The summed E-state index contributed by atoms with van der Waals surface area (Å²) in [6, 6.07) is 7.80. The van der Waals surface area contributed by atoms with Crippen molar-refractivity contribution in [1.29, 1.82) is 5.26 Å². The number of carbonyl (C=O) groups is 1. The van der Waals surface area contributed by atoms with Gasteiger partial charge in [0.2, 0.25) is 0 Å². The molecular formula is C14H12F3N3O3. The Labute approximate surface area is 129 Å². The molecule has 1 atom stereocenters. The molecule has 6 nitrogen and oxygen atoms in total. The number of rotatable bonds is 3. The van der Waals surface area contributed by atoms with Crippen LogP contribution in [0.25, 0.3) is 0 Å². The average molecular weight is 327 g/mol. The lowest BCUT2D eigenvalue weighted by molar-refractivity contribution is -0.289. The third-order valence-electron chi connectivity index (χ3n) is 3.07. The molecule has 1 aliphatic heterocycles. The standard InChI is InChI=1S/C14H12F3N3O3/c1-9-6-13(22,14(15,16)17)20(19-9)12(21)8-23-11-5-3-2-4-10(11)7-18/h2-6,19,22H,8H2,1H3/t13-/m1/s1. The number of para-hydroxylation sites is 1. The molecule has 1 aromatic rings. The second-order valence-corrected chi connectivity index (χ2v) is 4.79. The highest BCUT2D eigenvalue weighted by Crippen LogP contribution is 2.37. The quantitative estimate of drug-likeness (QED) is 0.877. The van der Waals surface area contributed by atoms with E-state index in [1.54, 1.807) is 12.1 Å². The normalized spacial score (nSPS) is 20.5. The van der Waals surface area contributed by atoms with Crippen molar-refractivity contribution in [2.45, 2.75) is 18.8 Å². The summed E-state index contributed by atoms with van der Waals surface area (Å²) >= 11 is 0. The van der Waals surface area contributed by atoms with E-state index in [2.05, 4.69) is 5.43 Å². The molecule has 9 heteroatoms. The molecule has 1 aromatic carbocycles. The van der Waals surface area contributed by atoms with Crippen molar-refractivity contribution >= 4 is 5.91 Å². The van der Waals surface area contributed by atoms with E-state index in [1.165, 1.54) is 19.1 Å². The molecule has 0 fully saturated rings. The first kappa shape index (κ1) is 16.6. The highest BCUT2D eigenvalue weighted by molar-refractivity contribution is 5.79. The zero-order valence-electron chi connectivity index (χ0n) is 11.9. The van der Waals surface area contributed by atoms with Crippen LogP contribution < -0.4 is 10.2 Å². The van der Waals surface area contributed by atoms with Crippen LogP contribution >= 0.6 is 0 Å². The van der Waals surface area contributed by atoms with Crippen LogP contribution in [0, 0.1) is 11.3 Å². The minimum absolute atomic E-state index is 0.0319. The van der Waals surface area contributed by atoms with Crippen LogP contribution in [-0.2, 0) is 4.79 Å². The summed E-state index contributed by atoms with van der Waals surface area (Å²) in [6.07, 6.45) is -4.59. The lowest BCUT2D eigenvalue weighted by Gasteiger charge is -2.33. The van der Waals surface area contributed by atoms with E-state index in [9.17, 15) is 23.1 Å². The van der Waals surface area contributed by atoms with E-state index >= 15 is 0 Å². The number of benzene rings is 1. The zero-order valence-corrected chi connectivity index (χ0v) is 11.9. The fourth-order valence-electron chi connectivity index (χ4n) is 2.01. The van der Waals surface area contributed by atoms with Crippen LogP contribution in [0.4, 0.5) is 13.2 Å². The Morgan fingerprint density at radius 1 is 1.48 bits per heavy atom. The number of hydrogen-bond acceptors (Lipinski definition) is 5. The summed E-state index contributed by atoms with van der Waals surface area (Å²) in [7, 11) is 0. The Morgan fingerprint density at radius 2 is 2.13 bits per heavy atom. The number of amides is 1. The molecule has 0 unspecified atom stereocenters. The Hall–Kier alpha value is -2.73. The highest BCUT2D eigenvalue weighted by atomic mass is 19.4. The number of nitrogens with one attached hydrogen (secondary N) is 1. The van der Waals surface area contributed by atoms with Gasteiger partial charge in [-0.2, -0.15) is 18.4 Å². The summed E-state index contributed by atoms with van der Waals surface area (Å²) in [4.78, 5) is 12.0. The molecule has 0 spiro atoms. The summed E-state index contributed by atoms with van der Waals surface area (Å²) < 4.78 is 44.1. The minimum atomic E-state index is -5.09. The minimum Gasteiger partial charge on any atom is -0.482 e. The van der Waals surface area contributed by atoms with E-state index in [1.807, 2.05) is 6.07 Å². The summed E-state index contributed by atoms with van der Waals surface area (Å²) in [6.45, 7) is 0.487. The van der Waals surface area contributed by atoms with Crippen molar-refractivity contribution in [2.75, 3.05) is 6.61 Å². The van der Waals surface area contributed by atoms with E-state index in [0.717, 1.165) is 0 Å². The van der Waals surface area contributed by atoms with Crippen molar-refractivity contribution in [2.24, 2.45) is 0 Å². The summed E-state index contributed by atoms with van der Waals surface area (Å²) in [5.74, 6) is -1.09. The molecule has 1 amide bonds. The Balaban J connectivity index is 2.14. The third-order valence-corrected chi connectivity index (χ3v) is 3.07. The number of nitriles is 1. The van der Waals surface area contributed by atoms with Gasteiger partial charge in [-0.25, -0.2) is 5.01 Å². The maximum Gasteiger partial charge on any atom is 0.442 e. The highest BCUT2D eigenvalue weighted by Gasteiger charge is 2.61. The largest absolute Gasteiger partial charge is 0.482 e. The first-order chi connectivity index (χ1) is 10.7. The molecule has 0 saturated carbocycles. The fourth-order valence-corrected chi connectivity index (χ4v) is 2.01. The number of hydrogen-bond donors (Lipinski definition) is 2. The van der Waals surface area contributed by atoms with E-state index in [-0.39, 0.29) is 22.0 Å². The lowest BCUT2D eigenvalue weighted by atomic mass is 10.2. The van der Waals surface area contributed by atoms with Gasteiger partial charge in [0.15, 0.2) is 6.61 Å². The van der Waals surface area contributed by atoms with Gasteiger partial charge in [-0.1, -0.05) is 12.1 Å². The van der Waals surface area contributed by atoms with E-state index < -0.39 is 24.4 Å². The second kappa shape index (κ2) is 5.81. The first-order valence-electron chi connectivity index (χ1n) is 6.39. The Morgan fingerprint density at radius 3 is 2.74 bits per heavy atom. The molecule has 0 saturated heterocycles. The molecule has 2 N–H and O–H groups in total. The van der Waals surface area contributed by atoms with Crippen molar-refractivity contribution in [3.8, 4) is 11.8 Å². The second-order valence-electron chi connectivity index (χ2n) is 4.79. The Bertz CT molecular complexity index is 696. The third kappa shape index (κ3) is 3.07. The smallest absolute Gasteiger partial charge is 0.442 e. The van der Waals surface area contributed by atoms with Gasteiger partial charge in [0, 0.05) is 5.70 Å². The molecule has 0 radical (unpaired) electrons. The van der Waals surface area contributed by atoms with Gasteiger partial charge >= 0.3 is 6.18 Å². The first-order valence-corrected chi connectivity index (χ1v) is 6.39. The van der Waals surface area contributed by atoms with Crippen LogP contribution in [-0.4, -0.2) is 34.5 Å². The number of aliphatic hydroxyl groups is 1. The van der Waals surface area contributed by atoms with Crippen LogP contribution in [0.2, 0.25) is 0 Å². The number of nitrogens with zero attached hydrogens (tertiary/aromatic N) is 2. The average Bonchev–Trinajstić information content (AvgIpc) is 2.81. The van der Waals surface area contributed by atoms with Crippen LogP contribution in [0.5, 0.6) is 5.75 Å². The molecule has 23 heavy (non-hydrogen) atoms. The summed E-state index contributed by atoms with van der Waals surface area (Å²) in [5, 5.41) is 18.7. The maximum absolute atomic E-state index is 13.0. The van der Waals surface area contributed by atoms with Crippen molar-refractivity contribution < 1.29 is 27.8 Å². The summed E-state index contributed by atoms with van der Waals surface area (Å²) in [5.41, 5.74) is -1.20. The zero-order chi connectivity index (χ0) is 17.3. The number of alkyl halides is 3. The van der Waals surface area contributed by atoms with Gasteiger partial charge in [-0.05, 0) is 25.1 Å². The molecule has 122 valence electrons. The van der Waals surface area contributed by atoms with Crippen molar-refractivity contribution in [3.05, 3.63) is 41.6 Å². The monoisotopic (exact) mass is 327 g/mol. The van der Waals surface area contributed by atoms with Crippen molar-refractivity contribution in [3.63, 3.8) is 0 Å². The van der Waals surface area contributed by atoms with Crippen LogP contribution in [0.15, 0.2) is 36.0 Å². The number of hydrazine groups is 1. The topological polar surface area (TPSA) is 85.6 Å². The molecule has 0 aromatic heterocycles. The number of carbonyl (C=O) groups excluding carboxylic acids is 1.